The van der Waals surface area contributed by atoms with E-state index in [1.54, 1.807) is 0 Å². The average Bonchev–Trinajstić information content (AvgIpc) is 2.43. The third-order valence-corrected chi connectivity index (χ3v) is 4.39. The average molecular weight is 276 g/mol. The lowest BCUT2D eigenvalue weighted by Crippen LogP contribution is -2.41. The summed E-state index contributed by atoms with van der Waals surface area (Å²) in [6.45, 7) is 10.7. The van der Waals surface area contributed by atoms with Crippen LogP contribution in [-0.2, 0) is 4.79 Å². The summed E-state index contributed by atoms with van der Waals surface area (Å²) in [6, 6.07) is 6.15. The molecule has 3 N–H and O–H groups in total. The van der Waals surface area contributed by atoms with Gasteiger partial charge in [-0.2, -0.15) is 0 Å². The van der Waals surface area contributed by atoms with Gasteiger partial charge in [0.1, 0.15) is 0 Å². The molecule has 0 aromatic heterocycles. The summed E-state index contributed by atoms with van der Waals surface area (Å²) in [5.41, 5.74) is 8.62. The van der Waals surface area contributed by atoms with Gasteiger partial charge in [0.05, 0.1) is 5.41 Å². The number of aryl methyl sites for hydroxylation is 1. The van der Waals surface area contributed by atoms with Gasteiger partial charge in [-0.1, -0.05) is 45.9 Å². The molecule has 0 unspecified atom stereocenters. The van der Waals surface area contributed by atoms with Gasteiger partial charge in [-0.05, 0) is 36.8 Å². The van der Waals surface area contributed by atoms with Gasteiger partial charge < -0.3 is 11.1 Å². The fraction of sp³-hybridized carbons (Fsp3) is 0.588. The van der Waals surface area contributed by atoms with E-state index in [2.05, 4.69) is 25.2 Å². The first-order valence-corrected chi connectivity index (χ1v) is 7.52. The third-order valence-electron chi connectivity index (χ3n) is 4.39. The van der Waals surface area contributed by atoms with Crippen molar-refractivity contribution in [1.82, 2.24) is 0 Å². The van der Waals surface area contributed by atoms with Gasteiger partial charge >= 0.3 is 0 Å². The summed E-state index contributed by atoms with van der Waals surface area (Å²) in [6.07, 6.45) is 1.52. The molecule has 0 fully saturated rings. The zero-order chi connectivity index (χ0) is 15.3. The fourth-order valence-electron chi connectivity index (χ4n) is 2.54. The van der Waals surface area contributed by atoms with Crippen LogP contribution in [0.25, 0.3) is 0 Å². The van der Waals surface area contributed by atoms with E-state index in [9.17, 15) is 4.79 Å². The van der Waals surface area contributed by atoms with E-state index >= 15 is 0 Å². The molecule has 0 heterocycles. The molecule has 0 saturated carbocycles. The van der Waals surface area contributed by atoms with E-state index in [0.29, 0.717) is 12.5 Å². The van der Waals surface area contributed by atoms with Crippen LogP contribution in [-0.4, -0.2) is 12.5 Å². The van der Waals surface area contributed by atoms with E-state index in [1.807, 2.05) is 32.9 Å². The minimum atomic E-state index is -0.462. The van der Waals surface area contributed by atoms with Crippen LogP contribution in [0.4, 0.5) is 5.69 Å². The SMILES string of the molecule is CCC(CC)(CN)C(=O)Nc1c(C)cccc1C(C)C. The van der Waals surface area contributed by atoms with Crippen LogP contribution >= 0.6 is 0 Å². The van der Waals surface area contributed by atoms with Crippen LogP contribution in [0.15, 0.2) is 18.2 Å². The van der Waals surface area contributed by atoms with Gasteiger partial charge in [0.25, 0.3) is 0 Å². The van der Waals surface area contributed by atoms with Crippen molar-refractivity contribution in [3.8, 4) is 0 Å². The second kappa shape index (κ2) is 6.89. The predicted molar refractivity (Wildman–Crippen MR) is 86.0 cm³/mol. The van der Waals surface area contributed by atoms with Crippen molar-refractivity contribution < 1.29 is 4.79 Å². The van der Waals surface area contributed by atoms with Crippen LogP contribution < -0.4 is 11.1 Å². The van der Waals surface area contributed by atoms with E-state index < -0.39 is 5.41 Å². The Bertz CT molecular complexity index is 454. The second-order valence-electron chi connectivity index (χ2n) is 5.84. The molecule has 1 amide bonds. The monoisotopic (exact) mass is 276 g/mol. The zero-order valence-corrected chi connectivity index (χ0v) is 13.4. The Morgan fingerprint density at radius 3 is 2.35 bits per heavy atom. The second-order valence-corrected chi connectivity index (χ2v) is 5.84. The highest BCUT2D eigenvalue weighted by atomic mass is 16.2. The summed E-state index contributed by atoms with van der Waals surface area (Å²) in [5, 5.41) is 3.13. The lowest BCUT2D eigenvalue weighted by molar-refractivity contribution is -0.125. The molecule has 0 aliphatic carbocycles. The number of hydrogen-bond acceptors (Lipinski definition) is 2. The molecule has 20 heavy (non-hydrogen) atoms. The van der Waals surface area contributed by atoms with Crippen molar-refractivity contribution in [3.63, 3.8) is 0 Å². The molecule has 3 heteroatoms. The van der Waals surface area contributed by atoms with Gasteiger partial charge in [0, 0.05) is 12.2 Å². The van der Waals surface area contributed by atoms with Gasteiger partial charge in [0.2, 0.25) is 5.91 Å². The molecular formula is C17H28N2O. The molecule has 0 radical (unpaired) electrons. The maximum absolute atomic E-state index is 12.7. The molecule has 1 aromatic carbocycles. The maximum Gasteiger partial charge on any atom is 0.231 e. The van der Waals surface area contributed by atoms with E-state index in [1.165, 1.54) is 5.56 Å². The first-order valence-electron chi connectivity index (χ1n) is 7.52. The minimum absolute atomic E-state index is 0.0428. The number of carbonyl (C=O) groups is 1. The van der Waals surface area contributed by atoms with E-state index in [0.717, 1.165) is 24.1 Å². The highest BCUT2D eigenvalue weighted by Gasteiger charge is 2.33. The lowest BCUT2D eigenvalue weighted by Gasteiger charge is -2.29. The Morgan fingerprint density at radius 2 is 1.90 bits per heavy atom. The summed E-state index contributed by atoms with van der Waals surface area (Å²) in [7, 11) is 0. The summed E-state index contributed by atoms with van der Waals surface area (Å²) in [4.78, 5) is 12.7. The smallest absolute Gasteiger partial charge is 0.231 e. The Labute approximate surface area is 122 Å². The summed E-state index contributed by atoms with van der Waals surface area (Å²) in [5.74, 6) is 0.418. The van der Waals surface area contributed by atoms with Crippen LogP contribution in [0.3, 0.4) is 0 Å². The number of amides is 1. The largest absolute Gasteiger partial charge is 0.329 e. The minimum Gasteiger partial charge on any atom is -0.329 e. The topological polar surface area (TPSA) is 55.1 Å². The van der Waals surface area contributed by atoms with Crippen molar-refractivity contribution in [2.45, 2.75) is 53.4 Å². The number of anilines is 1. The number of rotatable bonds is 6. The highest BCUT2D eigenvalue weighted by Crippen LogP contribution is 2.31. The highest BCUT2D eigenvalue weighted by molar-refractivity contribution is 5.96. The number of para-hydroxylation sites is 1. The summed E-state index contributed by atoms with van der Waals surface area (Å²) < 4.78 is 0. The number of hydrogen-bond donors (Lipinski definition) is 2. The van der Waals surface area contributed by atoms with Gasteiger partial charge in [0.15, 0.2) is 0 Å². The van der Waals surface area contributed by atoms with Crippen LogP contribution in [0.1, 0.15) is 57.6 Å². The molecule has 112 valence electrons. The normalized spacial score (nSPS) is 11.8. The number of nitrogens with two attached hydrogens (primary N) is 1. The van der Waals surface area contributed by atoms with Gasteiger partial charge in [-0.3, -0.25) is 4.79 Å². The molecule has 3 nitrogen and oxygen atoms in total. The standard InChI is InChI=1S/C17H28N2O/c1-6-17(7-2,11-18)16(20)19-15-13(5)9-8-10-14(15)12(3)4/h8-10,12H,6-7,11,18H2,1-5H3,(H,19,20). The van der Waals surface area contributed by atoms with Crippen LogP contribution in [0.2, 0.25) is 0 Å². The van der Waals surface area contributed by atoms with Crippen molar-refractivity contribution >= 4 is 11.6 Å². The molecule has 0 aliphatic rings. The molecular weight excluding hydrogens is 248 g/mol. The van der Waals surface area contributed by atoms with Gasteiger partial charge in [-0.15, -0.1) is 0 Å². The molecule has 1 aromatic rings. The summed E-state index contributed by atoms with van der Waals surface area (Å²) >= 11 is 0. The Hall–Kier alpha value is -1.35. The molecule has 1 rings (SSSR count). The molecule has 0 aliphatic heterocycles. The fourth-order valence-corrected chi connectivity index (χ4v) is 2.54. The van der Waals surface area contributed by atoms with Crippen molar-refractivity contribution in [1.29, 1.82) is 0 Å². The first kappa shape index (κ1) is 16.7. The number of carbonyl (C=O) groups excluding carboxylic acids is 1. The zero-order valence-electron chi connectivity index (χ0n) is 13.4. The maximum atomic E-state index is 12.7. The molecule has 0 saturated heterocycles. The Kier molecular flexibility index (Phi) is 5.75. The third kappa shape index (κ3) is 3.21. The Balaban J connectivity index is 3.13. The Morgan fingerprint density at radius 1 is 1.30 bits per heavy atom. The molecule has 0 spiro atoms. The molecule has 0 atom stereocenters. The van der Waals surface area contributed by atoms with E-state index in [4.69, 9.17) is 5.73 Å². The van der Waals surface area contributed by atoms with Crippen molar-refractivity contribution in [2.24, 2.45) is 11.1 Å². The quantitative estimate of drug-likeness (QED) is 0.830. The number of benzene rings is 1. The van der Waals surface area contributed by atoms with Crippen LogP contribution in [0.5, 0.6) is 0 Å². The molecule has 0 bridgehead atoms. The first-order chi connectivity index (χ1) is 9.41. The van der Waals surface area contributed by atoms with Gasteiger partial charge in [-0.25, -0.2) is 0 Å². The van der Waals surface area contributed by atoms with Crippen molar-refractivity contribution in [3.05, 3.63) is 29.3 Å². The predicted octanol–water partition coefficient (Wildman–Crippen LogP) is 3.82. The van der Waals surface area contributed by atoms with Crippen LogP contribution in [0, 0.1) is 12.3 Å². The number of nitrogens with one attached hydrogen (secondary N) is 1. The lowest BCUT2D eigenvalue weighted by atomic mass is 9.81. The van der Waals surface area contributed by atoms with E-state index in [-0.39, 0.29) is 5.91 Å². The van der Waals surface area contributed by atoms with Crippen molar-refractivity contribution in [2.75, 3.05) is 11.9 Å².